The van der Waals surface area contributed by atoms with E-state index in [1.54, 1.807) is 14.0 Å². The number of hydrogen-bond donors (Lipinski definition) is 1. The van der Waals surface area contributed by atoms with Gasteiger partial charge in [-0.25, -0.2) is 8.42 Å². The number of halogens is 1. The van der Waals surface area contributed by atoms with Crippen molar-refractivity contribution in [1.29, 1.82) is 0 Å². The molecule has 6 nitrogen and oxygen atoms in total. The number of rotatable bonds is 4. The molecule has 8 heteroatoms. The molecule has 19 heavy (non-hydrogen) atoms. The zero-order chi connectivity index (χ0) is 14.0. The van der Waals surface area contributed by atoms with Gasteiger partial charge in [-0.2, -0.15) is 9.40 Å². The molecule has 1 aliphatic rings. The van der Waals surface area contributed by atoms with E-state index in [0.717, 1.165) is 12.8 Å². The standard InChI is InChI=1S/C11H18ClN3O3S/c1-8-10(6-12)11(14-13-8)19(16,17)15-5-3-4-9(7-15)18-2/h9H,3-7H2,1-2H3,(H,13,14). The van der Waals surface area contributed by atoms with Crippen molar-refractivity contribution >= 4 is 21.6 Å². The molecule has 1 atom stereocenters. The highest BCUT2D eigenvalue weighted by atomic mass is 35.5. The third kappa shape index (κ3) is 2.79. The van der Waals surface area contributed by atoms with Crippen LogP contribution in [0.2, 0.25) is 0 Å². The van der Waals surface area contributed by atoms with Crippen LogP contribution in [0.15, 0.2) is 5.03 Å². The number of ether oxygens (including phenoxy) is 1. The molecule has 2 rings (SSSR count). The van der Waals surface area contributed by atoms with Crippen LogP contribution >= 0.6 is 11.6 Å². The second-order valence-electron chi connectivity index (χ2n) is 4.63. The highest BCUT2D eigenvalue weighted by Gasteiger charge is 2.33. The summed E-state index contributed by atoms with van der Waals surface area (Å²) >= 11 is 5.81. The van der Waals surface area contributed by atoms with E-state index in [1.807, 2.05) is 0 Å². The topological polar surface area (TPSA) is 75.3 Å². The van der Waals surface area contributed by atoms with Crippen molar-refractivity contribution in [3.05, 3.63) is 11.3 Å². The largest absolute Gasteiger partial charge is 0.380 e. The number of sulfonamides is 1. The summed E-state index contributed by atoms with van der Waals surface area (Å²) in [5.74, 6) is 0.123. The first-order valence-electron chi connectivity index (χ1n) is 6.13. The number of hydrogen-bond acceptors (Lipinski definition) is 4. The Bertz CT molecular complexity index is 543. The van der Waals surface area contributed by atoms with Gasteiger partial charge in [-0.3, -0.25) is 5.10 Å². The Hall–Kier alpha value is -0.630. The summed E-state index contributed by atoms with van der Waals surface area (Å²) in [7, 11) is -2.00. The smallest absolute Gasteiger partial charge is 0.262 e. The van der Waals surface area contributed by atoms with Crippen molar-refractivity contribution in [1.82, 2.24) is 14.5 Å². The summed E-state index contributed by atoms with van der Waals surface area (Å²) in [6, 6.07) is 0. The van der Waals surface area contributed by atoms with Crippen molar-refractivity contribution in [3.63, 3.8) is 0 Å². The van der Waals surface area contributed by atoms with Gasteiger partial charge in [-0.05, 0) is 19.8 Å². The van der Waals surface area contributed by atoms with Gasteiger partial charge in [0.1, 0.15) is 0 Å². The summed E-state index contributed by atoms with van der Waals surface area (Å²) in [5, 5.41) is 6.63. The monoisotopic (exact) mass is 307 g/mol. The Balaban J connectivity index is 2.31. The van der Waals surface area contributed by atoms with Crippen molar-refractivity contribution in [2.45, 2.75) is 36.8 Å². The lowest BCUT2D eigenvalue weighted by atomic mass is 10.1. The normalized spacial score (nSPS) is 21.7. The molecular formula is C11H18ClN3O3S. The molecule has 1 aromatic heterocycles. The predicted molar refractivity (Wildman–Crippen MR) is 71.7 cm³/mol. The molecule has 0 bridgehead atoms. The summed E-state index contributed by atoms with van der Waals surface area (Å²) in [6.45, 7) is 2.63. The van der Waals surface area contributed by atoms with Crippen LogP contribution in [0.3, 0.4) is 0 Å². The highest BCUT2D eigenvalue weighted by Crippen LogP contribution is 2.25. The Morgan fingerprint density at radius 3 is 2.95 bits per heavy atom. The molecular weight excluding hydrogens is 290 g/mol. The van der Waals surface area contributed by atoms with Gasteiger partial charge < -0.3 is 4.74 Å². The maximum atomic E-state index is 12.6. The van der Waals surface area contributed by atoms with E-state index in [9.17, 15) is 8.42 Å². The molecule has 1 aromatic rings. The molecule has 0 aliphatic carbocycles. The fourth-order valence-corrected chi connectivity index (χ4v) is 4.32. The van der Waals surface area contributed by atoms with Gasteiger partial charge in [0.15, 0.2) is 5.03 Å². The Kier molecular flexibility index (Phi) is 4.50. The molecule has 0 aromatic carbocycles. The first-order valence-corrected chi connectivity index (χ1v) is 8.11. The molecule has 0 saturated carbocycles. The van der Waals surface area contributed by atoms with Crippen LogP contribution in [0.5, 0.6) is 0 Å². The molecule has 1 N–H and O–H groups in total. The first-order chi connectivity index (χ1) is 9.00. The summed E-state index contributed by atoms with van der Waals surface area (Å²) in [6.07, 6.45) is 1.62. The number of aromatic nitrogens is 2. The quantitative estimate of drug-likeness (QED) is 0.850. The van der Waals surface area contributed by atoms with Crippen molar-refractivity contribution in [3.8, 4) is 0 Å². The maximum absolute atomic E-state index is 12.6. The fourth-order valence-electron chi connectivity index (χ4n) is 2.24. The number of H-pyrrole nitrogens is 1. The van der Waals surface area contributed by atoms with E-state index in [0.29, 0.717) is 24.3 Å². The molecule has 1 saturated heterocycles. The van der Waals surface area contributed by atoms with Crippen LogP contribution in [0.1, 0.15) is 24.1 Å². The van der Waals surface area contributed by atoms with E-state index in [2.05, 4.69) is 10.2 Å². The summed E-state index contributed by atoms with van der Waals surface area (Å²) in [4.78, 5) is 0. The van der Waals surface area contributed by atoms with Crippen molar-refractivity contribution < 1.29 is 13.2 Å². The SMILES string of the molecule is COC1CCCN(S(=O)(=O)c2n[nH]c(C)c2CCl)C1. The lowest BCUT2D eigenvalue weighted by Gasteiger charge is -2.30. The van der Waals surface area contributed by atoms with E-state index >= 15 is 0 Å². The van der Waals surface area contributed by atoms with Gasteiger partial charge in [-0.1, -0.05) is 0 Å². The number of alkyl halides is 1. The molecule has 2 heterocycles. The van der Waals surface area contributed by atoms with E-state index < -0.39 is 10.0 Å². The number of piperidine rings is 1. The van der Waals surface area contributed by atoms with Crippen LogP contribution < -0.4 is 0 Å². The van der Waals surface area contributed by atoms with Crippen molar-refractivity contribution in [2.24, 2.45) is 0 Å². The third-order valence-electron chi connectivity index (χ3n) is 3.43. The number of nitrogens with one attached hydrogen (secondary N) is 1. The molecule has 1 aliphatic heterocycles. The molecule has 108 valence electrons. The highest BCUT2D eigenvalue weighted by molar-refractivity contribution is 7.89. The molecule has 1 unspecified atom stereocenters. The average molecular weight is 308 g/mol. The number of methoxy groups -OCH3 is 1. The minimum absolute atomic E-state index is 0.0387. The van der Waals surface area contributed by atoms with Crippen LogP contribution in [0, 0.1) is 6.92 Å². The van der Waals surface area contributed by atoms with Gasteiger partial charge in [0.25, 0.3) is 10.0 Å². The maximum Gasteiger partial charge on any atom is 0.262 e. The molecule has 0 spiro atoms. The number of aryl methyl sites for hydroxylation is 1. The second-order valence-corrected chi connectivity index (χ2v) is 6.75. The fraction of sp³-hybridized carbons (Fsp3) is 0.727. The first kappa shape index (κ1) is 14.8. The lowest BCUT2D eigenvalue weighted by molar-refractivity contribution is 0.0571. The Morgan fingerprint density at radius 1 is 1.58 bits per heavy atom. The summed E-state index contributed by atoms with van der Waals surface area (Å²) in [5.41, 5.74) is 1.23. The molecule has 1 fully saturated rings. The van der Waals surface area contributed by atoms with Gasteiger partial charge in [0.2, 0.25) is 0 Å². The zero-order valence-electron chi connectivity index (χ0n) is 11.0. The second kappa shape index (κ2) is 5.78. The van der Waals surface area contributed by atoms with Crippen LogP contribution in [0.4, 0.5) is 0 Å². The Morgan fingerprint density at radius 2 is 2.32 bits per heavy atom. The van der Waals surface area contributed by atoms with Crippen LogP contribution in [-0.2, 0) is 20.6 Å². The number of nitrogens with zero attached hydrogens (tertiary/aromatic N) is 2. The lowest BCUT2D eigenvalue weighted by Crippen LogP contribution is -2.43. The predicted octanol–water partition coefficient (Wildman–Crippen LogP) is 1.26. The van der Waals surface area contributed by atoms with Crippen LogP contribution in [-0.4, -0.2) is 49.2 Å². The van der Waals surface area contributed by atoms with Crippen LogP contribution in [0.25, 0.3) is 0 Å². The minimum atomic E-state index is -3.60. The summed E-state index contributed by atoms with van der Waals surface area (Å²) < 4.78 is 31.8. The average Bonchev–Trinajstić information content (AvgIpc) is 2.80. The van der Waals surface area contributed by atoms with E-state index in [-0.39, 0.29) is 17.0 Å². The molecule has 0 amide bonds. The van der Waals surface area contributed by atoms with Gasteiger partial charge in [0.05, 0.1) is 12.0 Å². The number of aromatic amines is 1. The van der Waals surface area contributed by atoms with Gasteiger partial charge in [0, 0.05) is 31.5 Å². The van der Waals surface area contributed by atoms with Crippen molar-refractivity contribution in [2.75, 3.05) is 20.2 Å². The van der Waals surface area contributed by atoms with Gasteiger partial charge >= 0.3 is 0 Å². The van der Waals surface area contributed by atoms with E-state index in [4.69, 9.17) is 16.3 Å². The zero-order valence-corrected chi connectivity index (χ0v) is 12.6. The molecule has 0 radical (unpaired) electrons. The Labute approximate surface area is 118 Å². The van der Waals surface area contributed by atoms with E-state index in [1.165, 1.54) is 4.31 Å². The van der Waals surface area contributed by atoms with Gasteiger partial charge in [-0.15, -0.1) is 11.6 Å². The minimum Gasteiger partial charge on any atom is -0.380 e. The third-order valence-corrected chi connectivity index (χ3v) is 5.53.